The number of fused-ring (bicyclic) bond motifs is 1. The Balaban J connectivity index is 1.79. The molecule has 0 fully saturated rings. The molecule has 1 heterocycles. The van der Waals surface area contributed by atoms with Gasteiger partial charge in [-0.05, 0) is 38.0 Å². The quantitative estimate of drug-likeness (QED) is 0.780. The molecule has 5 heteroatoms. The number of carbonyl (C=O) groups is 2. The first-order valence-electron chi connectivity index (χ1n) is 8.66. The number of benzene rings is 2. The molecule has 1 amide bonds. The van der Waals surface area contributed by atoms with Gasteiger partial charge >= 0.3 is 12.1 Å². The number of hydrogen-bond acceptors (Lipinski definition) is 4. The van der Waals surface area contributed by atoms with Crippen molar-refractivity contribution in [1.82, 2.24) is 0 Å². The fraction of sp³-hybridized carbons (Fsp3) is 0.333. The van der Waals surface area contributed by atoms with Gasteiger partial charge in [0.2, 0.25) is 0 Å². The highest BCUT2D eigenvalue weighted by atomic mass is 16.6. The van der Waals surface area contributed by atoms with E-state index in [0.29, 0.717) is 12.1 Å². The fourth-order valence-corrected chi connectivity index (χ4v) is 2.96. The number of anilines is 1. The molecule has 0 saturated heterocycles. The summed E-state index contributed by atoms with van der Waals surface area (Å²) in [5, 5.41) is 0. The van der Waals surface area contributed by atoms with Crippen LogP contribution in [0.2, 0.25) is 0 Å². The summed E-state index contributed by atoms with van der Waals surface area (Å²) in [4.78, 5) is 26.8. The minimum atomic E-state index is -0.713. The Morgan fingerprint density at radius 2 is 1.69 bits per heavy atom. The Morgan fingerprint density at radius 3 is 2.38 bits per heavy atom. The van der Waals surface area contributed by atoms with Crippen molar-refractivity contribution in [3.63, 3.8) is 0 Å². The third kappa shape index (κ3) is 4.04. The number of carbonyl (C=O) groups excluding carboxylic acids is 2. The molecule has 0 spiro atoms. The zero-order valence-corrected chi connectivity index (χ0v) is 15.3. The van der Waals surface area contributed by atoms with E-state index in [1.807, 2.05) is 75.4 Å². The number of para-hydroxylation sites is 1. The van der Waals surface area contributed by atoms with Crippen LogP contribution in [0.25, 0.3) is 0 Å². The molecule has 0 N–H and O–H groups in total. The van der Waals surface area contributed by atoms with Crippen molar-refractivity contribution < 1.29 is 19.1 Å². The van der Waals surface area contributed by atoms with Crippen LogP contribution in [-0.2, 0) is 27.3 Å². The molecule has 3 rings (SSSR count). The van der Waals surface area contributed by atoms with Crippen LogP contribution in [0.3, 0.4) is 0 Å². The summed E-state index contributed by atoms with van der Waals surface area (Å²) in [6.45, 7) is 5.58. The van der Waals surface area contributed by atoms with E-state index < -0.39 is 23.7 Å². The van der Waals surface area contributed by atoms with E-state index in [0.717, 1.165) is 11.1 Å². The lowest BCUT2D eigenvalue weighted by Crippen LogP contribution is -2.46. The molecule has 0 radical (unpaired) electrons. The number of rotatable bonds is 3. The molecule has 0 bridgehead atoms. The Labute approximate surface area is 153 Å². The van der Waals surface area contributed by atoms with Crippen LogP contribution >= 0.6 is 0 Å². The maximum atomic E-state index is 12.8. The van der Waals surface area contributed by atoms with Gasteiger partial charge in [0.25, 0.3) is 0 Å². The number of ether oxygens (including phenoxy) is 2. The molecule has 0 aromatic heterocycles. The molecule has 1 unspecified atom stereocenters. The minimum absolute atomic E-state index is 0.152. The third-order valence-corrected chi connectivity index (χ3v) is 4.06. The molecule has 26 heavy (non-hydrogen) atoms. The normalized spacial score (nSPS) is 16.1. The first-order chi connectivity index (χ1) is 12.3. The van der Waals surface area contributed by atoms with Crippen molar-refractivity contribution in [1.29, 1.82) is 0 Å². The van der Waals surface area contributed by atoms with E-state index in [-0.39, 0.29) is 6.61 Å². The lowest BCUT2D eigenvalue weighted by atomic mass is 10.1. The molecule has 1 atom stereocenters. The molecule has 1 aliphatic heterocycles. The van der Waals surface area contributed by atoms with Crippen molar-refractivity contribution in [2.45, 2.75) is 45.4 Å². The van der Waals surface area contributed by atoms with E-state index in [4.69, 9.17) is 9.47 Å². The van der Waals surface area contributed by atoms with Crippen molar-refractivity contribution in [2.75, 3.05) is 4.90 Å². The van der Waals surface area contributed by atoms with Crippen LogP contribution < -0.4 is 4.90 Å². The predicted octanol–water partition coefficient (Wildman–Crippen LogP) is 4.10. The summed E-state index contributed by atoms with van der Waals surface area (Å²) in [5.74, 6) is -0.426. The molecular formula is C21H23NO4. The van der Waals surface area contributed by atoms with Gasteiger partial charge in [0.05, 0.1) is 5.69 Å². The first-order valence-corrected chi connectivity index (χ1v) is 8.66. The zero-order valence-electron chi connectivity index (χ0n) is 15.3. The zero-order chi connectivity index (χ0) is 18.7. The van der Waals surface area contributed by atoms with Crippen molar-refractivity contribution in [3.8, 4) is 0 Å². The minimum Gasteiger partial charge on any atom is -0.458 e. The van der Waals surface area contributed by atoms with Gasteiger partial charge in [0.1, 0.15) is 18.2 Å². The molecule has 5 nitrogen and oxygen atoms in total. The van der Waals surface area contributed by atoms with E-state index in [1.165, 1.54) is 4.90 Å². The summed E-state index contributed by atoms with van der Waals surface area (Å²) in [6, 6.07) is 16.2. The number of nitrogens with zero attached hydrogens (tertiary/aromatic N) is 1. The van der Waals surface area contributed by atoms with Crippen LogP contribution in [0, 0.1) is 0 Å². The van der Waals surface area contributed by atoms with Crippen LogP contribution in [0.15, 0.2) is 54.6 Å². The summed E-state index contributed by atoms with van der Waals surface area (Å²) in [7, 11) is 0. The Hall–Kier alpha value is -2.82. The molecule has 0 aliphatic carbocycles. The van der Waals surface area contributed by atoms with E-state index in [1.54, 1.807) is 0 Å². The van der Waals surface area contributed by atoms with Gasteiger partial charge in [0.15, 0.2) is 0 Å². The van der Waals surface area contributed by atoms with Gasteiger partial charge in [-0.15, -0.1) is 0 Å². The largest absolute Gasteiger partial charge is 0.458 e. The van der Waals surface area contributed by atoms with E-state index in [2.05, 4.69) is 0 Å². The Morgan fingerprint density at radius 1 is 1.04 bits per heavy atom. The van der Waals surface area contributed by atoms with Gasteiger partial charge in [-0.2, -0.15) is 0 Å². The summed E-state index contributed by atoms with van der Waals surface area (Å²) in [6.07, 6.45) is -0.124. The highest BCUT2D eigenvalue weighted by molar-refractivity contribution is 5.99. The van der Waals surface area contributed by atoms with Crippen LogP contribution in [-0.4, -0.2) is 23.7 Å². The number of amides is 1. The first kappa shape index (κ1) is 18.0. The van der Waals surface area contributed by atoms with Gasteiger partial charge in [-0.3, -0.25) is 4.90 Å². The van der Waals surface area contributed by atoms with Crippen molar-refractivity contribution >= 4 is 17.7 Å². The third-order valence-electron chi connectivity index (χ3n) is 4.06. The smallest absolute Gasteiger partial charge is 0.415 e. The standard InChI is InChI=1S/C21H23NO4/c1-21(2,3)26-19(23)18-13-16-11-7-8-12-17(16)22(18)20(24)25-14-15-9-5-4-6-10-15/h4-12,18H,13-14H2,1-3H3. The lowest BCUT2D eigenvalue weighted by Gasteiger charge is -2.27. The second-order valence-corrected chi connectivity index (χ2v) is 7.29. The van der Waals surface area contributed by atoms with Crippen LogP contribution in [0.1, 0.15) is 31.9 Å². The monoisotopic (exact) mass is 353 g/mol. The molecule has 0 saturated carbocycles. The van der Waals surface area contributed by atoms with Crippen molar-refractivity contribution in [2.24, 2.45) is 0 Å². The SMILES string of the molecule is CC(C)(C)OC(=O)C1Cc2ccccc2N1C(=O)OCc1ccccc1. The van der Waals surface area contributed by atoms with Gasteiger partial charge in [-0.25, -0.2) is 9.59 Å². The molecule has 2 aromatic carbocycles. The molecular weight excluding hydrogens is 330 g/mol. The summed E-state index contributed by atoms with van der Waals surface area (Å²) in [5.41, 5.74) is 1.90. The maximum Gasteiger partial charge on any atom is 0.415 e. The van der Waals surface area contributed by atoms with Crippen LogP contribution in [0.4, 0.5) is 10.5 Å². The lowest BCUT2D eigenvalue weighted by molar-refractivity contribution is -0.156. The second-order valence-electron chi connectivity index (χ2n) is 7.29. The van der Waals surface area contributed by atoms with Crippen LogP contribution in [0.5, 0.6) is 0 Å². The highest BCUT2D eigenvalue weighted by Crippen LogP contribution is 2.33. The molecule has 1 aliphatic rings. The number of hydrogen-bond donors (Lipinski definition) is 0. The summed E-state index contributed by atoms with van der Waals surface area (Å²) >= 11 is 0. The average molecular weight is 353 g/mol. The molecule has 2 aromatic rings. The maximum absolute atomic E-state index is 12.8. The summed E-state index contributed by atoms with van der Waals surface area (Å²) < 4.78 is 11.0. The number of esters is 1. The molecule has 136 valence electrons. The Kier molecular flexibility index (Phi) is 4.98. The highest BCUT2D eigenvalue weighted by Gasteiger charge is 2.41. The second kappa shape index (κ2) is 7.20. The van der Waals surface area contributed by atoms with E-state index in [9.17, 15) is 9.59 Å². The van der Waals surface area contributed by atoms with Gasteiger partial charge in [-0.1, -0.05) is 48.5 Å². The topological polar surface area (TPSA) is 55.8 Å². The van der Waals surface area contributed by atoms with E-state index >= 15 is 0 Å². The van der Waals surface area contributed by atoms with Gasteiger partial charge < -0.3 is 9.47 Å². The fourth-order valence-electron chi connectivity index (χ4n) is 2.96. The Bertz CT molecular complexity index is 795. The average Bonchev–Trinajstić information content (AvgIpc) is 2.99. The van der Waals surface area contributed by atoms with Crippen molar-refractivity contribution in [3.05, 3.63) is 65.7 Å². The predicted molar refractivity (Wildman–Crippen MR) is 98.9 cm³/mol. The van der Waals surface area contributed by atoms with Gasteiger partial charge in [0, 0.05) is 6.42 Å².